The first-order valence-electron chi connectivity index (χ1n) is 15.1. The third-order valence-electron chi connectivity index (χ3n) is 7.36. The molecule has 3 rings (SSSR count). The van der Waals surface area contributed by atoms with Crippen molar-refractivity contribution in [3.63, 3.8) is 0 Å². The molecule has 0 heterocycles. The molecule has 0 saturated carbocycles. The van der Waals surface area contributed by atoms with E-state index in [2.05, 4.69) is 38.1 Å². The number of benzene rings is 3. The maximum Gasteiger partial charge on any atom is 0.165 e. The van der Waals surface area contributed by atoms with Gasteiger partial charge in [0, 0.05) is 11.5 Å². The highest BCUT2D eigenvalue weighted by Gasteiger charge is 2.15. The summed E-state index contributed by atoms with van der Waals surface area (Å²) in [6.07, 6.45) is 16.2. The Morgan fingerprint density at radius 2 is 1.16 bits per heavy atom. The number of carbonyl (C=O) groups excluding carboxylic acids is 1. The molecule has 0 unspecified atom stereocenters. The average molecular weight is 517 g/mol. The third kappa shape index (κ3) is 10.2. The summed E-state index contributed by atoms with van der Waals surface area (Å²) in [7, 11) is 0. The van der Waals surface area contributed by atoms with Crippen LogP contribution in [0, 0.1) is 5.92 Å². The van der Waals surface area contributed by atoms with E-state index in [0.717, 1.165) is 59.5 Å². The van der Waals surface area contributed by atoms with E-state index >= 15 is 0 Å². The lowest BCUT2D eigenvalue weighted by molar-refractivity contribution is 0.0922. The van der Waals surface area contributed by atoms with Crippen LogP contribution in [0.1, 0.15) is 115 Å². The van der Waals surface area contributed by atoms with Crippen LogP contribution in [0.4, 0.5) is 0 Å². The average Bonchev–Trinajstić information content (AvgIpc) is 2.94. The van der Waals surface area contributed by atoms with E-state index in [-0.39, 0.29) is 11.7 Å². The van der Waals surface area contributed by atoms with Crippen molar-refractivity contribution in [2.45, 2.75) is 104 Å². The molecule has 0 amide bonds. The van der Waals surface area contributed by atoms with E-state index in [1.54, 1.807) is 0 Å². The van der Waals surface area contributed by atoms with Crippen molar-refractivity contribution in [1.29, 1.82) is 0 Å². The largest absolute Gasteiger partial charge is 0.494 e. The molecule has 3 aromatic rings. The van der Waals surface area contributed by atoms with Gasteiger partial charge in [0.1, 0.15) is 17.2 Å². The van der Waals surface area contributed by atoms with Crippen molar-refractivity contribution in [3.8, 4) is 17.2 Å². The quantitative estimate of drug-likeness (QED) is 0.117. The Morgan fingerprint density at radius 1 is 0.632 bits per heavy atom. The first kappa shape index (κ1) is 29.7. The molecule has 3 nitrogen and oxygen atoms in total. The van der Waals surface area contributed by atoms with Crippen LogP contribution >= 0.6 is 0 Å². The predicted octanol–water partition coefficient (Wildman–Crippen LogP) is 10.9. The van der Waals surface area contributed by atoms with Gasteiger partial charge in [0.05, 0.1) is 6.61 Å². The van der Waals surface area contributed by atoms with Crippen LogP contribution in [0.25, 0.3) is 10.8 Å². The zero-order chi connectivity index (χ0) is 27.0. The summed E-state index contributed by atoms with van der Waals surface area (Å²) < 4.78 is 12.1. The van der Waals surface area contributed by atoms with Crippen LogP contribution in [-0.2, 0) is 0 Å². The fourth-order valence-corrected chi connectivity index (χ4v) is 4.90. The minimum Gasteiger partial charge on any atom is -0.494 e. The first-order chi connectivity index (χ1) is 18.6. The number of Topliss-reactive ketones (excluding diaryl/α,β-unsaturated/α-hetero) is 1. The van der Waals surface area contributed by atoms with Crippen LogP contribution in [0.3, 0.4) is 0 Å². The zero-order valence-electron chi connectivity index (χ0n) is 24.0. The van der Waals surface area contributed by atoms with Crippen molar-refractivity contribution in [2.75, 3.05) is 6.61 Å². The minimum atomic E-state index is 0.0632. The zero-order valence-corrected chi connectivity index (χ0v) is 24.0. The molecule has 3 heteroatoms. The molecule has 0 aliphatic rings. The lowest BCUT2D eigenvalue weighted by Gasteiger charge is -2.12. The number of ether oxygens (including phenoxy) is 2. The van der Waals surface area contributed by atoms with Gasteiger partial charge in [-0.3, -0.25) is 4.79 Å². The van der Waals surface area contributed by atoms with Crippen LogP contribution < -0.4 is 9.47 Å². The van der Waals surface area contributed by atoms with Gasteiger partial charge in [-0.1, -0.05) is 104 Å². The molecule has 0 bridgehead atoms. The fraction of sp³-hybridized carbons (Fsp3) is 0.514. The highest BCUT2D eigenvalue weighted by atomic mass is 16.5. The molecular weight excluding hydrogens is 468 g/mol. The topological polar surface area (TPSA) is 35.5 Å². The van der Waals surface area contributed by atoms with E-state index in [4.69, 9.17) is 9.47 Å². The molecule has 0 aliphatic carbocycles. The first-order valence-corrected chi connectivity index (χ1v) is 15.1. The summed E-state index contributed by atoms with van der Waals surface area (Å²) in [4.78, 5) is 12.8. The van der Waals surface area contributed by atoms with Gasteiger partial charge in [-0.05, 0) is 72.1 Å². The number of hydrogen-bond donors (Lipinski definition) is 0. The highest BCUT2D eigenvalue weighted by Crippen LogP contribution is 2.29. The molecule has 0 N–H and O–H groups in total. The molecule has 0 aliphatic heterocycles. The number of carbonyl (C=O) groups is 1. The van der Waals surface area contributed by atoms with E-state index in [1.165, 1.54) is 64.2 Å². The van der Waals surface area contributed by atoms with Crippen LogP contribution in [-0.4, -0.2) is 12.4 Å². The Balaban J connectivity index is 1.45. The van der Waals surface area contributed by atoms with Gasteiger partial charge in [0.25, 0.3) is 0 Å². The summed E-state index contributed by atoms with van der Waals surface area (Å²) >= 11 is 0. The summed E-state index contributed by atoms with van der Waals surface area (Å²) in [5, 5.41) is 2.25. The number of unbranched alkanes of at least 4 members (excludes halogenated alkanes) is 10. The molecule has 38 heavy (non-hydrogen) atoms. The molecule has 0 fully saturated rings. The second-order valence-electron chi connectivity index (χ2n) is 10.7. The molecule has 0 radical (unpaired) electrons. The second-order valence-corrected chi connectivity index (χ2v) is 10.7. The molecule has 1 atom stereocenters. The lowest BCUT2D eigenvalue weighted by atomic mass is 9.94. The SMILES string of the molecule is CCCCCCCCCCOc1ccc2cc(Oc3ccc(C(=O)[C@H](C)CCCCCC)cc3)ccc2c1. The summed E-state index contributed by atoms with van der Waals surface area (Å²) in [5.41, 5.74) is 0.762. The fourth-order valence-electron chi connectivity index (χ4n) is 4.90. The Kier molecular flexibility index (Phi) is 13.2. The van der Waals surface area contributed by atoms with Crippen molar-refractivity contribution in [3.05, 3.63) is 66.2 Å². The standard InChI is InChI=1S/C35H48O3/c1-4-6-8-10-11-12-13-15-25-37-33-23-19-31-27-34(24-20-30(31)26-33)38-32-21-17-29(18-22-32)35(36)28(3)16-14-9-7-5-2/h17-24,26-28H,4-16,25H2,1-3H3/t28-/m1/s1. The maximum absolute atomic E-state index is 12.8. The summed E-state index contributed by atoms with van der Waals surface area (Å²) in [6, 6.07) is 19.9. The molecular formula is C35H48O3. The Hall–Kier alpha value is -2.81. The smallest absolute Gasteiger partial charge is 0.165 e. The van der Waals surface area contributed by atoms with Gasteiger partial charge in [0.2, 0.25) is 0 Å². The number of ketones is 1. The Labute approximate surface area is 230 Å². The van der Waals surface area contributed by atoms with Gasteiger partial charge in [-0.25, -0.2) is 0 Å². The highest BCUT2D eigenvalue weighted by molar-refractivity contribution is 5.97. The van der Waals surface area contributed by atoms with E-state index in [9.17, 15) is 4.79 Å². The number of hydrogen-bond acceptors (Lipinski definition) is 3. The third-order valence-corrected chi connectivity index (χ3v) is 7.36. The van der Waals surface area contributed by atoms with Crippen molar-refractivity contribution >= 4 is 16.6 Å². The van der Waals surface area contributed by atoms with Crippen LogP contribution in [0.15, 0.2) is 60.7 Å². The van der Waals surface area contributed by atoms with Gasteiger partial charge in [-0.15, -0.1) is 0 Å². The van der Waals surface area contributed by atoms with Gasteiger partial charge >= 0.3 is 0 Å². The lowest BCUT2D eigenvalue weighted by Crippen LogP contribution is -2.11. The van der Waals surface area contributed by atoms with Gasteiger partial charge < -0.3 is 9.47 Å². The second kappa shape index (κ2) is 16.9. The predicted molar refractivity (Wildman–Crippen MR) is 161 cm³/mol. The monoisotopic (exact) mass is 516 g/mol. The summed E-state index contributed by atoms with van der Waals surface area (Å²) in [6.45, 7) is 7.29. The van der Waals surface area contributed by atoms with E-state index < -0.39 is 0 Å². The van der Waals surface area contributed by atoms with Crippen molar-refractivity contribution in [2.24, 2.45) is 5.92 Å². The van der Waals surface area contributed by atoms with Crippen LogP contribution in [0.2, 0.25) is 0 Å². The van der Waals surface area contributed by atoms with Crippen molar-refractivity contribution < 1.29 is 14.3 Å². The molecule has 0 aromatic heterocycles. The molecule has 0 saturated heterocycles. The van der Waals surface area contributed by atoms with E-state index in [0.29, 0.717) is 0 Å². The van der Waals surface area contributed by atoms with Crippen LogP contribution in [0.5, 0.6) is 17.2 Å². The van der Waals surface area contributed by atoms with Gasteiger partial charge in [-0.2, -0.15) is 0 Å². The Morgan fingerprint density at radius 3 is 1.82 bits per heavy atom. The molecule has 3 aromatic carbocycles. The molecule has 206 valence electrons. The minimum absolute atomic E-state index is 0.0632. The Bertz CT molecular complexity index is 1090. The van der Waals surface area contributed by atoms with Gasteiger partial charge in [0.15, 0.2) is 5.78 Å². The normalized spacial score (nSPS) is 12.0. The van der Waals surface area contributed by atoms with E-state index in [1.807, 2.05) is 43.3 Å². The number of rotatable bonds is 19. The maximum atomic E-state index is 12.8. The number of fused-ring (bicyclic) bond motifs is 1. The van der Waals surface area contributed by atoms with Crippen molar-refractivity contribution in [1.82, 2.24) is 0 Å². The summed E-state index contributed by atoms with van der Waals surface area (Å²) in [5.74, 6) is 2.73. The molecule has 0 spiro atoms.